The molecule has 1 heterocycles. The number of aliphatic hydroxyl groups excluding tert-OH is 1. The predicted octanol–water partition coefficient (Wildman–Crippen LogP) is 3.96. The van der Waals surface area contributed by atoms with E-state index in [0.29, 0.717) is 12.0 Å². The summed E-state index contributed by atoms with van der Waals surface area (Å²) in [5.41, 5.74) is 2.89. The molecule has 0 aliphatic heterocycles. The second-order valence-electron chi connectivity index (χ2n) is 5.24. The van der Waals surface area contributed by atoms with Crippen molar-refractivity contribution in [3.63, 3.8) is 0 Å². The van der Waals surface area contributed by atoms with Gasteiger partial charge in [-0.05, 0) is 25.1 Å². The lowest BCUT2D eigenvalue weighted by Crippen LogP contribution is -2.06. The molecule has 1 aromatic heterocycles. The summed E-state index contributed by atoms with van der Waals surface area (Å²) >= 11 is 0. The summed E-state index contributed by atoms with van der Waals surface area (Å²) in [5, 5.41) is 11.3. The van der Waals surface area contributed by atoms with E-state index in [2.05, 4.69) is 4.98 Å². The molecule has 0 spiro atoms. The maximum atomic E-state index is 13.8. The minimum absolute atomic E-state index is 0.297. The molecule has 1 atom stereocenters. The van der Waals surface area contributed by atoms with Gasteiger partial charge in [0.2, 0.25) is 0 Å². The normalized spacial score (nSPS) is 12.5. The van der Waals surface area contributed by atoms with E-state index in [-0.39, 0.29) is 5.82 Å². The summed E-state index contributed by atoms with van der Waals surface area (Å²) in [4.78, 5) is 4.51. The molecule has 3 rings (SSSR count). The van der Waals surface area contributed by atoms with Crippen molar-refractivity contribution >= 4 is 10.9 Å². The average molecular weight is 281 g/mol. The molecule has 1 N–H and O–H groups in total. The van der Waals surface area contributed by atoms with Gasteiger partial charge >= 0.3 is 0 Å². The Bertz CT molecular complexity index is 785. The lowest BCUT2D eigenvalue weighted by molar-refractivity contribution is 0.172. The standard InChI is InChI=1S/C18H16FNO/c1-12-6-9-16(19)15(10-12)18(21)11-14-8-7-13-4-2-3-5-17(13)20-14/h2-10,18,21H,11H2,1H3. The van der Waals surface area contributed by atoms with E-state index in [1.807, 2.05) is 43.3 Å². The van der Waals surface area contributed by atoms with Crippen molar-refractivity contribution in [3.8, 4) is 0 Å². The summed E-state index contributed by atoms with van der Waals surface area (Å²) < 4.78 is 13.8. The third-order valence-electron chi connectivity index (χ3n) is 3.57. The van der Waals surface area contributed by atoms with Crippen molar-refractivity contribution < 1.29 is 9.50 Å². The van der Waals surface area contributed by atoms with E-state index in [0.717, 1.165) is 22.2 Å². The van der Waals surface area contributed by atoms with Crippen molar-refractivity contribution in [2.75, 3.05) is 0 Å². The largest absolute Gasteiger partial charge is 0.388 e. The maximum Gasteiger partial charge on any atom is 0.129 e. The zero-order valence-corrected chi connectivity index (χ0v) is 11.8. The van der Waals surface area contributed by atoms with Crippen LogP contribution in [0.5, 0.6) is 0 Å². The van der Waals surface area contributed by atoms with Gasteiger partial charge in [-0.1, -0.05) is 42.0 Å². The molecule has 0 saturated heterocycles. The Kier molecular flexibility index (Phi) is 3.67. The van der Waals surface area contributed by atoms with Crippen molar-refractivity contribution in [2.45, 2.75) is 19.4 Å². The van der Waals surface area contributed by atoms with Crippen LogP contribution in [0.25, 0.3) is 10.9 Å². The Hall–Kier alpha value is -2.26. The van der Waals surface area contributed by atoms with Gasteiger partial charge in [0.05, 0.1) is 11.6 Å². The summed E-state index contributed by atoms with van der Waals surface area (Å²) in [6, 6.07) is 16.4. The molecule has 2 nitrogen and oxygen atoms in total. The van der Waals surface area contributed by atoms with E-state index in [9.17, 15) is 9.50 Å². The molecule has 0 radical (unpaired) electrons. The fourth-order valence-corrected chi connectivity index (χ4v) is 2.45. The number of benzene rings is 2. The van der Waals surface area contributed by atoms with Crippen LogP contribution in [0.1, 0.15) is 22.9 Å². The van der Waals surface area contributed by atoms with Crippen LogP contribution in [-0.2, 0) is 6.42 Å². The summed E-state index contributed by atoms with van der Waals surface area (Å²) in [7, 11) is 0. The number of rotatable bonds is 3. The molecular formula is C18H16FNO. The zero-order valence-electron chi connectivity index (χ0n) is 11.8. The van der Waals surface area contributed by atoms with Crippen molar-refractivity contribution in [1.29, 1.82) is 0 Å². The Morgan fingerprint density at radius 1 is 1.10 bits per heavy atom. The number of hydrogen-bond donors (Lipinski definition) is 1. The fourth-order valence-electron chi connectivity index (χ4n) is 2.45. The van der Waals surface area contributed by atoms with Gasteiger partial charge in [-0.25, -0.2) is 4.39 Å². The first kappa shape index (κ1) is 13.7. The first-order valence-corrected chi connectivity index (χ1v) is 6.92. The highest BCUT2D eigenvalue weighted by Gasteiger charge is 2.14. The van der Waals surface area contributed by atoms with Crippen LogP contribution in [-0.4, -0.2) is 10.1 Å². The number of nitrogens with zero attached hydrogens (tertiary/aromatic N) is 1. The van der Waals surface area contributed by atoms with Crippen LogP contribution in [0.3, 0.4) is 0 Å². The fraction of sp³-hybridized carbons (Fsp3) is 0.167. The molecule has 0 aliphatic carbocycles. The van der Waals surface area contributed by atoms with Crippen molar-refractivity contribution in [1.82, 2.24) is 4.98 Å². The van der Waals surface area contributed by atoms with Gasteiger partial charge in [-0.15, -0.1) is 0 Å². The molecular weight excluding hydrogens is 265 g/mol. The Morgan fingerprint density at radius 3 is 2.76 bits per heavy atom. The number of aliphatic hydroxyl groups is 1. The first-order valence-electron chi connectivity index (χ1n) is 6.92. The molecule has 0 saturated carbocycles. The van der Waals surface area contributed by atoms with Gasteiger partial charge < -0.3 is 5.11 Å². The summed E-state index contributed by atoms with van der Waals surface area (Å²) in [6.45, 7) is 1.88. The predicted molar refractivity (Wildman–Crippen MR) is 81.5 cm³/mol. The van der Waals surface area contributed by atoms with Gasteiger partial charge in [-0.2, -0.15) is 0 Å². The second kappa shape index (κ2) is 5.62. The topological polar surface area (TPSA) is 33.1 Å². The Morgan fingerprint density at radius 2 is 1.90 bits per heavy atom. The van der Waals surface area contributed by atoms with Crippen molar-refractivity contribution in [3.05, 3.63) is 77.2 Å². The second-order valence-corrected chi connectivity index (χ2v) is 5.24. The quantitative estimate of drug-likeness (QED) is 0.788. The highest BCUT2D eigenvalue weighted by molar-refractivity contribution is 5.78. The number of para-hydroxylation sites is 1. The van der Waals surface area contributed by atoms with Crippen LogP contribution in [0.4, 0.5) is 4.39 Å². The Balaban J connectivity index is 1.88. The minimum Gasteiger partial charge on any atom is -0.388 e. The van der Waals surface area contributed by atoms with Gasteiger partial charge in [0.15, 0.2) is 0 Å². The molecule has 0 aliphatic rings. The third-order valence-corrected chi connectivity index (χ3v) is 3.57. The molecule has 0 bridgehead atoms. The molecule has 3 heteroatoms. The number of halogens is 1. The number of aryl methyl sites for hydroxylation is 1. The minimum atomic E-state index is -0.890. The molecule has 2 aromatic carbocycles. The van der Waals surface area contributed by atoms with E-state index >= 15 is 0 Å². The van der Waals surface area contributed by atoms with E-state index in [1.165, 1.54) is 6.07 Å². The number of hydrogen-bond acceptors (Lipinski definition) is 2. The monoisotopic (exact) mass is 281 g/mol. The van der Waals surface area contributed by atoms with Gasteiger partial charge in [0.25, 0.3) is 0 Å². The van der Waals surface area contributed by atoms with Gasteiger partial charge in [0.1, 0.15) is 5.82 Å². The van der Waals surface area contributed by atoms with Crippen LogP contribution < -0.4 is 0 Å². The lowest BCUT2D eigenvalue weighted by atomic mass is 10.0. The van der Waals surface area contributed by atoms with Gasteiger partial charge in [0, 0.05) is 23.1 Å². The Labute approximate surface area is 122 Å². The highest BCUT2D eigenvalue weighted by Crippen LogP contribution is 2.22. The maximum absolute atomic E-state index is 13.8. The van der Waals surface area contributed by atoms with Crippen LogP contribution >= 0.6 is 0 Å². The van der Waals surface area contributed by atoms with Crippen LogP contribution in [0.2, 0.25) is 0 Å². The third kappa shape index (κ3) is 2.93. The van der Waals surface area contributed by atoms with Gasteiger partial charge in [-0.3, -0.25) is 4.98 Å². The van der Waals surface area contributed by atoms with E-state index in [4.69, 9.17) is 0 Å². The lowest BCUT2D eigenvalue weighted by Gasteiger charge is -2.13. The summed E-state index contributed by atoms with van der Waals surface area (Å²) in [6.07, 6.45) is -0.593. The molecule has 0 amide bonds. The average Bonchev–Trinajstić information content (AvgIpc) is 2.49. The molecule has 3 aromatic rings. The van der Waals surface area contributed by atoms with E-state index in [1.54, 1.807) is 12.1 Å². The molecule has 0 fully saturated rings. The first-order chi connectivity index (χ1) is 10.1. The molecule has 106 valence electrons. The molecule has 1 unspecified atom stereocenters. The van der Waals surface area contributed by atoms with Crippen LogP contribution in [0, 0.1) is 12.7 Å². The van der Waals surface area contributed by atoms with Crippen LogP contribution in [0.15, 0.2) is 54.6 Å². The zero-order chi connectivity index (χ0) is 14.8. The molecule has 21 heavy (non-hydrogen) atoms. The SMILES string of the molecule is Cc1ccc(F)c(C(O)Cc2ccc3ccccc3n2)c1. The number of aromatic nitrogens is 1. The summed E-state index contributed by atoms with van der Waals surface area (Å²) in [5.74, 6) is -0.381. The number of pyridine rings is 1. The highest BCUT2D eigenvalue weighted by atomic mass is 19.1. The van der Waals surface area contributed by atoms with E-state index < -0.39 is 6.10 Å². The number of fused-ring (bicyclic) bond motifs is 1. The van der Waals surface area contributed by atoms with Crippen molar-refractivity contribution in [2.24, 2.45) is 0 Å². The smallest absolute Gasteiger partial charge is 0.129 e.